The fourth-order valence-electron chi connectivity index (χ4n) is 2.15. The van der Waals surface area contributed by atoms with Gasteiger partial charge in [0.2, 0.25) is 5.91 Å². The van der Waals surface area contributed by atoms with Crippen LogP contribution in [0.3, 0.4) is 0 Å². The maximum absolute atomic E-state index is 12.9. The second kappa shape index (κ2) is 6.15. The zero-order chi connectivity index (χ0) is 13.8. The molecule has 0 saturated heterocycles. The van der Waals surface area contributed by atoms with Gasteiger partial charge in [0.25, 0.3) is 0 Å². The molecule has 0 unspecified atom stereocenters. The normalized spacial score (nSPS) is 14.5. The summed E-state index contributed by atoms with van der Waals surface area (Å²) in [5.74, 6) is -0.0474. The number of benzene rings is 1. The lowest BCUT2D eigenvalue weighted by Gasteiger charge is -2.16. The predicted molar refractivity (Wildman–Crippen MR) is 73.5 cm³/mol. The lowest BCUT2D eigenvalue weighted by Crippen LogP contribution is -2.37. The minimum absolute atomic E-state index is 0.151. The molecule has 1 saturated carbocycles. The fourth-order valence-corrected chi connectivity index (χ4v) is 2.15. The van der Waals surface area contributed by atoms with Crippen LogP contribution in [0.5, 0.6) is 0 Å². The van der Waals surface area contributed by atoms with Crippen LogP contribution in [0, 0.1) is 12.7 Å². The molecule has 0 spiro atoms. The molecule has 1 aromatic rings. The van der Waals surface area contributed by atoms with Crippen LogP contribution in [0.1, 0.15) is 24.0 Å². The SMILES string of the molecule is Cc1cc(F)ccc1CCNCC(=O)N(C)C1CC1. The van der Waals surface area contributed by atoms with Crippen molar-refractivity contribution in [3.63, 3.8) is 0 Å². The molecule has 0 aliphatic heterocycles. The summed E-state index contributed by atoms with van der Waals surface area (Å²) in [5.41, 5.74) is 2.08. The molecule has 0 bridgehead atoms. The van der Waals surface area contributed by atoms with Gasteiger partial charge >= 0.3 is 0 Å². The largest absolute Gasteiger partial charge is 0.342 e. The molecule has 2 rings (SSSR count). The van der Waals surface area contributed by atoms with Crippen molar-refractivity contribution >= 4 is 5.91 Å². The lowest BCUT2D eigenvalue weighted by atomic mass is 10.1. The Kier molecular flexibility index (Phi) is 4.53. The number of nitrogens with one attached hydrogen (secondary N) is 1. The van der Waals surface area contributed by atoms with Gasteiger partial charge in [0.1, 0.15) is 5.82 Å². The van der Waals surface area contributed by atoms with Crippen molar-refractivity contribution in [1.29, 1.82) is 0 Å². The molecule has 3 nitrogen and oxygen atoms in total. The quantitative estimate of drug-likeness (QED) is 0.796. The van der Waals surface area contributed by atoms with Gasteiger partial charge in [-0.05, 0) is 56.0 Å². The van der Waals surface area contributed by atoms with Crippen LogP contribution in [-0.2, 0) is 11.2 Å². The first-order valence-corrected chi connectivity index (χ1v) is 6.79. The van der Waals surface area contributed by atoms with Gasteiger partial charge in [0, 0.05) is 13.1 Å². The average molecular weight is 264 g/mol. The molecule has 1 aliphatic rings. The topological polar surface area (TPSA) is 32.3 Å². The van der Waals surface area contributed by atoms with Crippen LogP contribution in [0.15, 0.2) is 18.2 Å². The predicted octanol–water partition coefficient (Wildman–Crippen LogP) is 1.89. The smallest absolute Gasteiger partial charge is 0.236 e. The summed E-state index contributed by atoms with van der Waals surface area (Å²) in [6.07, 6.45) is 3.08. The third kappa shape index (κ3) is 4.03. The Labute approximate surface area is 113 Å². The Bertz CT molecular complexity index is 457. The fraction of sp³-hybridized carbons (Fsp3) is 0.533. The Morgan fingerprint density at radius 1 is 1.47 bits per heavy atom. The second-order valence-corrected chi connectivity index (χ2v) is 5.23. The Balaban J connectivity index is 1.70. The number of aryl methyl sites for hydroxylation is 1. The van der Waals surface area contributed by atoms with Crippen molar-refractivity contribution in [2.24, 2.45) is 0 Å². The number of rotatable bonds is 6. The van der Waals surface area contributed by atoms with Gasteiger partial charge in [-0.15, -0.1) is 0 Å². The molecule has 0 radical (unpaired) electrons. The first-order chi connectivity index (χ1) is 9.08. The van der Waals surface area contributed by atoms with Crippen LogP contribution >= 0.6 is 0 Å². The zero-order valence-electron chi connectivity index (χ0n) is 11.6. The Morgan fingerprint density at radius 3 is 2.84 bits per heavy atom. The standard InChI is InChI=1S/C15H21FN2O/c1-11-9-13(16)4-3-12(11)7-8-17-10-15(19)18(2)14-5-6-14/h3-4,9,14,17H,5-8,10H2,1-2H3. The van der Waals surface area contributed by atoms with E-state index in [1.807, 2.05) is 24.9 Å². The van der Waals surface area contributed by atoms with Gasteiger partial charge in [0.05, 0.1) is 6.54 Å². The number of carbonyl (C=O) groups is 1. The molecular weight excluding hydrogens is 243 g/mol. The number of nitrogens with zero attached hydrogens (tertiary/aromatic N) is 1. The third-order valence-electron chi connectivity index (χ3n) is 3.64. The Morgan fingerprint density at radius 2 is 2.21 bits per heavy atom. The average Bonchev–Trinajstić information content (AvgIpc) is 3.19. The monoisotopic (exact) mass is 264 g/mol. The van der Waals surface area contributed by atoms with E-state index in [0.29, 0.717) is 12.6 Å². The molecule has 1 N–H and O–H groups in total. The summed E-state index contributed by atoms with van der Waals surface area (Å²) in [6, 6.07) is 5.30. The molecule has 0 atom stereocenters. The van der Waals surface area contributed by atoms with E-state index in [4.69, 9.17) is 0 Å². The van der Waals surface area contributed by atoms with E-state index in [1.54, 1.807) is 6.07 Å². The molecular formula is C15H21FN2O. The number of amides is 1. The summed E-state index contributed by atoms with van der Waals surface area (Å²) in [6.45, 7) is 3.02. The third-order valence-corrected chi connectivity index (χ3v) is 3.64. The summed E-state index contributed by atoms with van der Waals surface area (Å²) in [7, 11) is 1.87. The van der Waals surface area contributed by atoms with E-state index in [2.05, 4.69) is 5.32 Å². The van der Waals surface area contributed by atoms with Crippen molar-refractivity contribution in [3.8, 4) is 0 Å². The van der Waals surface area contributed by atoms with Crippen LogP contribution in [0.4, 0.5) is 4.39 Å². The number of hydrogen-bond acceptors (Lipinski definition) is 2. The van der Waals surface area contributed by atoms with Crippen molar-refractivity contribution in [1.82, 2.24) is 10.2 Å². The minimum Gasteiger partial charge on any atom is -0.342 e. The van der Waals surface area contributed by atoms with Gasteiger partial charge in [0.15, 0.2) is 0 Å². The summed E-state index contributed by atoms with van der Waals surface area (Å²) >= 11 is 0. The highest BCUT2D eigenvalue weighted by atomic mass is 19.1. The maximum Gasteiger partial charge on any atom is 0.236 e. The lowest BCUT2D eigenvalue weighted by molar-refractivity contribution is -0.129. The summed E-state index contributed by atoms with van der Waals surface area (Å²) < 4.78 is 12.9. The number of carbonyl (C=O) groups excluding carboxylic acids is 1. The maximum atomic E-state index is 12.9. The highest BCUT2D eigenvalue weighted by Crippen LogP contribution is 2.25. The van der Waals surface area contributed by atoms with Crippen molar-refractivity contribution in [3.05, 3.63) is 35.1 Å². The molecule has 4 heteroatoms. The van der Waals surface area contributed by atoms with Gasteiger partial charge in [-0.25, -0.2) is 4.39 Å². The minimum atomic E-state index is -0.199. The van der Waals surface area contributed by atoms with Gasteiger partial charge < -0.3 is 10.2 Å². The van der Waals surface area contributed by atoms with Crippen LogP contribution in [0.2, 0.25) is 0 Å². The number of hydrogen-bond donors (Lipinski definition) is 1. The van der Waals surface area contributed by atoms with E-state index in [9.17, 15) is 9.18 Å². The van der Waals surface area contributed by atoms with Gasteiger partial charge in [-0.1, -0.05) is 6.07 Å². The van der Waals surface area contributed by atoms with Crippen molar-refractivity contribution < 1.29 is 9.18 Å². The van der Waals surface area contributed by atoms with Gasteiger partial charge in [-0.2, -0.15) is 0 Å². The van der Waals surface area contributed by atoms with Crippen LogP contribution in [-0.4, -0.2) is 37.0 Å². The second-order valence-electron chi connectivity index (χ2n) is 5.23. The van der Waals surface area contributed by atoms with E-state index >= 15 is 0 Å². The van der Waals surface area contributed by atoms with Crippen LogP contribution < -0.4 is 5.32 Å². The molecule has 0 heterocycles. The highest BCUT2D eigenvalue weighted by Gasteiger charge is 2.28. The highest BCUT2D eigenvalue weighted by molar-refractivity contribution is 5.78. The molecule has 1 aromatic carbocycles. The van der Waals surface area contributed by atoms with Crippen LogP contribution in [0.25, 0.3) is 0 Å². The van der Waals surface area contributed by atoms with E-state index in [1.165, 1.54) is 6.07 Å². The molecule has 1 amide bonds. The summed E-state index contributed by atoms with van der Waals surface area (Å²) in [5, 5.41) is 3.15. The molecule has 1 fully saturated rings. The first-order valence-electron chi connectivity index (χ1n) is 6.79. The van der Waals surface area contributed by atoms with Crippen molar-refractivity contribution in [2.45, 2.75) is 32.2 Å². The number of likely N-dealkylation sites (N-methyl/N-ethyl adjacent to an activating group) is 1. The number of halogens is 1. The summed E-state index contributed by atoms with van der Waals surface area (Å²) in [4.78, 5) is 13.6. The van der Waals surface area contributed by atoms with Gasteiger partial charge in [-0.3, -0.25) is 4.79 Å². The van der Waals surface area contributed by atoms with E-state index < -0.39 is 0 Å². The molecule has 1 aliphatic carbocycles. The molecule has 104 valence electrons. The molecule has 0 aromatic heterocycles. The van der Waals surface area contributed by atoms with E-state index in [-0.39, 0.29) is 11.7 Å². The zero-order valence-corrected chi connectivity index (χ0v) is 11.6. The molecule has 19 heavy (non-hydrogen) atoms. The van der Waals surface area contributed by atoms with Crippen molar-refractivity contribution in [2.75, 3.05) is 20.1 Å². The Hall–Kier alpha value is -1.42. The first kappa shape index (κ1) is 14.0. The van der Waals surface area contributed by atoms with E-state index in [0.717, 1.165) is 36.9 Å².